The molecule has 0 atom stereocenters. The molecule has 30 heavy (non-hydrogen) atoms. The summed E-state index contributed by atoms with van der Waals surface area (Å²) in [5, 5.41) is 14.4. The summed E-state index contributed by atoms with van der Waals surface area (Å²) < 4.78 is 1.92. The van der Waals surface area contributed by atoms with E-state index < -0.39 is 0 Å². The van der Waals surface area contributed by atoms with Crippen LogP contribution in [0.4, 0.5) is 5.13 Å². The number of nitrogens with one attached hydrogen (secondary N) is 1. The number of nitrogens with zero attached hydrogens (tertiary/aromatic N) is 4. The first-order chi connectivity index (χ1) is 14.5. The topological polar surface area (TPSA) is 116 Å². The van der Waals surface area contributed by atoms with Crippen LogP contribution in [0.25, 0.3) is 11.3 Å². The maximum atomic E-state index is 12.4. The van der Waals surface area contributed by atoms with Crippen LogP contribution >= 0.6 is 23.1 Å². The Morgan fingerprint density at radius 3 is 2.73 bits per heavy atom. The van der Waals surface area contributed by atoms with Gasteiger partial charge in [0.15, 0.2) is 10.3 Å². The summed E-state index contributed by atoms with van der Waals surface area (Å²) in [6.45, 7) is 2.47. The SMILES string of the molecule is Cc1ccc(-c2csc(NC(=O)CSc3nnc(C4CC4)n3CCC(N)=O)n2)cc1. The zero-order chi connectivity index (χ0) is 21.1. The highest BCUT2D eigenvalue weighted by Gasteiger charge is 2.30. The molecule has 2 aromatic heterocycles. The second-order valence-corrected chi connectivity index (χ2v) is 9.02. The lowest BCUT2D eigenvalue weighted by molar-refractivity contribution is -0.118. The number of hydrogen-bond donors (Lipinski definition) is 2. The first-order valence-corrected chi connectivity index (χ1v) is 11.5. The highest BCUT2D eigenvalue weighted by molar-refractivity contribution is 7.99. The molecule has 1 aliphatic carbocycles. The number of thioether (sulfide) groups is 1. The van der Waals surface area contributed by atoms with Crippen molar-refractivity contribution < 1.29 is 9.59 Å². The van der Waals surface area contributed by atoms with E-state index in [4.69, 9.17) is 5.73 Å². The van der Waals surface area contributed by atoms with Gasteiger partial charge in [0, 0.05) is 29.8 Å². The normalized spacial score (nSPS) is 13.4. The zero-order valence-corrected chi connectivity index (χ0v) is 18.1. The maximum Gasteiger partial charge on any atom is 0.236 e. The Hall–Kier alpha value is -2.72. The molecule has 0 unspecified atom stereocenters. The summed E-state index contributed by atoms with van der Waals surface area (Å²) in [5.41, 5.74) is 8.33. The summed E-state index contributed by atoms with van der Waals surface area (Å²) in [5.74, 6) is 0.916. The average molecular weight is 443 g/mol. The third kappa shape index (κ3) is 5.06. The number of nitrogens with two attached hydrogens (primary N) is 1. The van der Waals surface area contributed by atoms with E-state index >= 15 is 0 Å². The van der Waals surface area contributed by atoms with E-state index in [0.29, 0.717) is 22.8 Å². The van der Waals surface area contributed by atoms with E-state index in [1.54, 1.807) is 0 Å². The Balaban J connectivity index is 1.36. The number of aromatic nitrogens is 4. The van der Waals surface area contributed by atoms with Gasteiger partial charge in [0.2, 0.25) is 11.8 Å². The van der Waals surface area contributed by atoms with Crippen LogP contribution in [0.5, 0.6) is 0 Å². The molecule has 8 nitrogen and oxygen atoms in total. The molecule has 1 aliphatic rings. The van der Waals surface area contributed by atoms with Gasteiger partial charge in [0.05, 0.1) is 11.4 Å². The van der Waals surface area contributed by atoms with E-state index in [9.17, 15) is 9.59 Å². The van der Waals surface area contributed by atoms with Crippen molar-refractivity contribution in [3.63, 3.8) is 0 Å². The van der Waals surface area contributed by atoms with Crippen LogP contribution in [-0.2, 0) is 16.1 Å². The molecule has 3 aromatic rings. The van der Waals surface area contributed by atoms with Crippen LogP contribution in [0.3, 0.4) is 0 Å². The number of primary amides is 1. The number of carbonyl (C=O) groups is 2. The molecule has 0 spiro atoms. The quantitative estimate of drug-likeness (QED) is 0.492. The maximum absolute atomic E-state index is 12.4. The minimum Gasteiger partial charge on any atom is -0.370 e. The summed E-state index contributed by atoms with van der Waals surface area (Å²) in [6, 6.07) is 8.10. The molecule has 0 saturated heterocycles. The largest absolute Gasteiger partial charge is 0.370 e. The zero-order valence-electron chi connectivity index (χ0n) is 16.5. The number of benzene rings is 1. The molecule has 2 heterocycles. The highest BCUT2D eigenvalue weighted by atomic mass is 32.2. The van der Waals surface area contributed by atoms with Gasteiger partial charge in [-0.15, -0.1) is 21.5 Å². The number of aryl methyl sites for hydroxylation is 1. The summed E-state index contributed by atoms with van der Waals surface area (Å²) in [6.07, 6.45) is 2.37. The van der Waals surface area contributed by atoms with Crippen LogP contribution in [0.2, 0.25) is 0 Å². The second kappa shape index (κ2) is 8.97. The van der Waals surface area contributed by atoms with Gasteiger partial charge in [0.25, 0.3) is 0 Å². The van der Waals surface area contributed by atoms with E-state index in [0.717, 1.165) is 29.9 Å². The van der Waals surface area contributed by atoms with Crippen molar-refractivity contribution in [2.45, 2.75) is 43.8 Å². The summed E-state index contributed by atoms with van der Waals surface area (Å²) in [4.78, 5) is 28.1. The molecule has 2 amide bonds. The smallest absolute Gasteiger partial charge is 0.236 e. The first-order valence-electron chi connectivity index (χ1n) is 9.66. The molecule has 156 valence electrons. The Morgan fingerprint density at radius 2 is 2.03 bits per heavy atom. The molecule has 0 radical (unpaired) electrons. The molecular weight excluding hydrogens is 420 g/mol. The van der Waals surface area contributed by atoms with Crippen LogP contribution in [0, 0.1) is 6.92 Å². The minimum absolute atomic E-state index is 0.165. The summed E-state index contributed by atoms with van der Waals surface area (Å²) in [7, 11) is 0. The van der Waals surface area contributed by atoms with Gasteiger partial charge >= 0.3 is 0 Å². The highest BCUT2D eigenvalue weighted by Crippen LogP contribution is 2.40. The first kappa shape index (κ1) is 20.5. The Bertz CT molecular complexity index is 1060. The van der Waals surface area contributed by atoms with Crippen LogP contribution < -0.4 is 11.1 Å². The van der Waals surface area contributed by atoms with Crippen molar-refractivity contribution >= 4 is 40.0 Å². The van der Waals surface area contributed by atoms with Gasteiger partial charge in [-0.3, -0.25) is 9.59 Å². The van der Waals surface area contributed by atoms with Gasteiger partial charge in [-0.1, -0.05) is 41.6 Å². The monoisotopic (exact) mass is 442 g/mol. The Labute approximate surface area is 182 Å². The fraction of sp³-hybridized carbons (Fsp3) is 0.350. The number of amides is 2. The molecule has 0 bridgehead atoms. The van der Waals surface area contributed by atoms with Gasteiger partial charge in [0.1, 0.15) is 5.82 Å². The van der Waals surface area contributed by atoms with E-state index in [1.165, 1.54) is 28.7 Å². The average Bonchev–Trinajstić information content (AvgIpc) is 3.32. The molecule has 1 saturated carbocycles. The van der Waals surface area contributed by atoms with Gasteiger partial charge in [-0.25, -0.2) is 4.98 Å². The van der Waals surface area contributed by atoms with Crippen molar-refractivity contribution in [3.05, 3.63) is 41.0 Å². The molecule has 4 rings (SSSR count). The standard InChI is InChI=1S/C20H22N6O2S2/c1-12-2-4-13(5-3-12)15-10-29-19(22-15)23-17(28)11-30-20-25-24-18(14-6-7-14)26(20)9-8-16(21)27/h2-5,10,14H,6-9,11H2,1H3,(H2,21,27)(H,22,23,28). The van der Waals surface area contributed by atoms with E-state index in [2.05, 4.69) is 20.5 Å². The molecular formula is C20H22N6O2S2. The van der Waals surface area contributed by atoms with Gasteiger partial charge < -0.3 is 15.6 Å². The van der Waals surface area contributed by atoms with Crippen molar-refractivity contribution in [1.29, 1.82) is 0 Å². The second-order valence-electron chi connectivity index (χ2n) is 7.22. The Morgan fingerprint density at radius 1 is 1.27 bits per heavy atom. The summed E-state index contributed by atoms with van der Waals surface area (Å²) >= 11 is 2.69. The third-order valence-corrected chi connectivity index (χ3v) is 6.42. The van der Waals surface area contributed by atoms with Crippen molar-refractivity contribution in [2.24, 2.45) is 5.73 Å². The molecule has 10 heteroatoms. The number of anilines is 1. The lowest BCUT2D eigenvalue weighted by Gasteiger charge is -2.08. The number of carbonyl (C=O) groups excluding carboxylic acids is 2. The number of hydrogen-bond acceptors (Lipinski definition) is 7. The fourth-order valence-electron chi connectivity index (χ4n) is 2.96. The van der Waals surface area contributed by atoms with E-state index in [1.807, 2.05) is 41.1 Å². The predicted molar refractivity (Wildman–Crippen MR) is 117 cm³/mol. The third-order valence-electron chi connectivity index (χ3n) is 4.70. The van der Waals surface area contributed by atoms with Gasteiger partial charge in [-0.2, -0.15) is 0 Å². The van der Waals surface area contributed by atoms with Crippen molar-refractivity contribution in [1.82, 2.24) is 19.7 Å². The molecule has 3 N–H and O–H groups in total. The lowest BCUT2D eigenvalue weighted by atomic mass is 10.1. The Kier molecular flexibility index (Phi) is 6.14. The fourth-order valence-corrected chi connectivity index (χ4v) is 4.46. The van der Waals surface area contributed by atoms with Crippen molar-refractivity contribution in [2.75, 3.05) is 11.1 Å². The van der Waals surface area contributed by atoms with E-state index in [-0.39, 0.29) is 24.0 Å². The number of rotatable bonds is 9. The number of thiazole rings is 1. The van der Waals surface area contributed by atoms with Crippen LogP contribution in [-0.4, -0.2) is 37.3 Å². The molecule has 1 fully saturated rings. The van der Waals surface area contributed by atoms with Crippen LogP contribution in [0.1, 0.15) is 36.6 Å². The minimum atomic E-state index is -0.368. The molecule has 1 aromatic carbocycles. The predicted octanol–water partition coefficient (Wildman–Crippen LogP) is 3.19. The van der Waals surface area contributed by atoms with Gasteiger partial charge in [-0.05, 0) is 19.8 Å². The lowest BCUT2D eigenvalue weighted by Crippen LogP contribution is -2.17. The molecule has 0 aliphatic heterocycles. The van der Waals surface area contributed by atoms with Crippen LogP contribution in [0.15, 0.2) is 34.8 Å². The van der Waals surface area contributed by atoms with Crippen molar-refractivity contribution in [3.8, 4) is 11.3 Å².